The van der Waals surface area contributed by atoms with Gasteiger partial charge in [-0.1, -0.05) is 0 Å². The molecule has 3 heterocycles. The van der Waals surface area contributed by atoms with Gasteiger partial charge >= 0.3 is 0 Å². The molecule has 2 aromatic rings. The zero-order valence-electron chi connectivity index (χ0n) is 14.4. The van der Waals surface area contributed by atoms with Crippen molar-refractivity contribution in [1.29, 1.82) is 0 Å². The summed E-state index contributed by atoms with van der Waals surface area (Å²) in [5, 5.41) is 4.77. The van der Waals surface area contributed by atoms with Crippen molar-refractivity contribution < 1.29 is 9.47 Å². The quantitative estimate of drug-likeness (QED) is 0.905. The maximum Gasteiger partial charge on any atom is 0.119 e. The summed E-state index contributed by atoms with van der Waals surface area (Å²) < 4.78 is 11.1. The van der Waals surface area contributed by atoms with Crippen molar-refractivity contribution in [2.45, 2.75) is 18.9 Å². The number of nitrogens with one attached hydrogen (secondary N) is 2. The first-order valence-corrected chi connectivity index (χ1v) is 9.04. The Hall–Kier alpha value is -1.56. The van der Waals surface area contributed by atoms with Crippen molar-refractivity contribution in [1.82, 2.24) is 15.2 Å². The van der Waals surface area contributed by atoms with Crippen molar-refractivity contribution in [3.8, 4) is 5.75 Å². The third kappa shape index (κ3) is 3.04. The van der Waals surface area contributed by atoms with E-state index in [1.165, 1.54) is 16.5 Å². The number of nitrogens with zero attached hydrogens (tertiary/aromatic N) is 1. The molecule has 0 radical (unpaired) electrons. The van der Waals surface area contributed by atoms with Gasteiger partial charge in [-0.15, -0.1) is 0 Å². The number of hydrogen-bond acceptors (Lipinski definition) is 4. The summed E-state index contributed by atoms with van der Waals surface area (Å²) in [6.07, 6.45) is 4.50. The van der Waals surface area contributed by atoms with Gasteiger partial charge in [-0.05, 0) is 42.5 Å². The molecule has 0 spiro atoms. The molecule has 0 unspecified atom stereocenters. The van der Waals surface area contributed by atoms with Gasteiger partial charge in [0.2, 0.25) is 0 Å². The van der Waals surface area contributed by atoms with Gasteiger partial charge in [0.05, 0.1) is 7.11 Å². The molecule has 5 nitrogen and oxygen atoms in total. The lowest BCUT2D eigenvalue weighted by Gasteiger charge is -2.40. The number of methoxy groups -OCH3 is 1. The molecule has 2 aliphatic rings. The van der Waals surface area contributed by atoms with Crippen LogP contribution in [0.2, 0.25) is 0 Å². The molecule has 1 aromatic heterocycles. The van der Waals surface area contributed by atoms with Gasteiger partial charge in [0.25, 0.3) is 0 Å². The van der Waals surface area contributed by atoms with Crippen LogP contribution in [0.4, 0.5) is 0 Å². The minimum atomic E-state index is 0.455. The van der Waals surface area contributed by atoms with Crippen LogP contribution in [0.1, 0.15) is 24.4 Å². The number of hydrogen-bond donors (Lipinski definition) is 2. The topological polar surface area (TPSA) is 49.5 Å². The van der Waals surface area contributed by atoms with Crippen molar-refractivity contribution >= 4 is 10.9 Å². The van der Waals surface area contributed by atoms with Crippen LogP contribution in [0.3, 0.4) is 0 Å². The van der Waals surface area contributed by atoms with Crippen LogP contribution in [0.25, 0.3) is 10.9 Å². The fourth-order valence-corrected chi connectivity index (χ4v) is 4.23. The Morgan fingerprint density at radius 2 is 2.00 bits per heavy atom. The molecule has 2 N–H and O–H groups in total. The molecule has 0 amide bonds. The third-order valence-electron chi connectivity index (χ3n) is 5.50. The van der Waals surface area contributed by atoms with Gasteiger partial charge < -0.3 is 19.8 Å². The van der Waals surface area contributed by atoms with E-state index in [0.717, 1.165) is 58.0 Å². The highest BCUT2D eigenvalue weighted by atomic mass is 16.5. The molecular formula is C19H27N3O2. The first-order chi connectivity index (χ1) is 11.9. The van der Waals surface area contributed by atoms with Gasteiger partial charge in [-0.2, -0.15) is 0 Å². The fraction of sp³-hybridized carbons (Fsp3) is 0.579. The zero-order valence-corrected chi connectivity index (χ0v) is 14.4. The van der Waals surface area contributed by atoms with Gasteiger partial charge in [-0.3, -0.25) is 4.90 Å². The van der Waals surface area contributed by atoms with Gasteiger partial charge in [0, 0.05) is 62.5 Å². The Morgan fingerprint density at radius 3 is 2.75 bits per heavy atom. The second-order valence-corrected chi connectivity index (χ2v) is 6.84. The van der Waals surface area contributed by atoms with Crippen LogP contribution in [-0.2, 0) is 4.74 Å². The monoisotopic (exact) mass is 329 g/mol. The third-order valence-corrected chi connectivity index (χ3v) is 5.50. The maximum absolute atomic E-state index is 5.62. The number of aromatic nitrogens is 1. The van der Waals surface area contributed by atoms with E-state index in [-0.39, 0.29) is 0 Å². The van der Waals surface area contributed by atoms with Gasteiger partial charge in [0.1, 0.15) is 5.75 Å². The van der Waals surface area contributed by atoms with Crippen molar-refractivity contribution in [3.05, 3.63) is 30.0 Å². The van der Waals surface area contributed by atoms with E-state index in [0.29, 0.717) is 12.0 Å². The summed E-state index contributed by atoms with van der Waals surface area (Å²) in [6.45, 7) is 6.14. The Balaban J connectivity index is 1.74. The first kappa shape index (κ1) is 15.9. The molecule has 5 heteroatoms. The fourth-order valence-electron chi connectivity index (χ4n) is 4.23. The maximum atomic E-state index is 5.62. The van der Waals surface area contributed by atoms with E-state index >= 15 is 0 Å². The molecule has 130 valence electrons. The average molecular weight is 329 g/mol. The Bertz CT molecular complexity index is 654. The van der Waals surface area contributed by atoms with Crippen LogP contribution < -0.4 is 10.1 Å². The SMILES string of the molecule is COc1ccc2[nH]cc([C@H](C3CCOCC3)N3CCNCC3)c2c1. The molecule has 1 aromatic carbocycles. The highest BCUT2D eigenvalue weighted by Gasteiger charge is 2.32. The number of ether oxygens (including phenoxy) is 2. The van der Waals surface area contributed by atoms with E-state index in [4.69, 9.17) is 9.47 Å². The summed E-state index contributed by atoms with van der Waals surface area (Å²) in [5.41, 5.74) is 2.61. The number of rotatable bonds is 4. The summed E-state index contributed by atoms with van der Waals surface area (Å²) in [4.78, 5) is 6.13. The lowest BCUT2D eigenvalue weighted by Crippen LogP contribution is -2.47. The number of fused-ring (bicyclic) bond motifs is 1. The normalized spacial score (nSPS) is 21.9. The largest absolute Gasteiger partial charge is 0.497 e. The van der Waals surface area contributed by atoms with E-state index in [1.807, 2.05) is 6.07 Å². The summed E-state index contributed by atoms with van der Waals surface area (Å²) in [5.74, 6) is 1.58. The second kappa shape index (κ2) is 7.13. The number of benzene rings is 1. The zero-order chi connectivity index (χ0) is 16.4. The molecular weight excluding hydrogens is 302 g/mol. The molecule has 0 bridgehead atoms. The number of aromatic amines is 1. The Kier molecular flexibility index (Phi) is 4.74. The molecule has 2 saturated heterocycles. The highest BCUT2D eigenvalue weighted by molar-refractivity contribution is 5.85. The standard InChI is InChI=1S/C19H27N3O2/c1-23-15-2-3-18-16(12-15)17(13-21-18)19(14-4-10-24-11-5-14)22-8-6-20-7-9-22/h2-3,12-14,19-21H,4-11H2,1H3/t19-/m0/s1. The number of H-pyrrole nitrogens is 1. The molecule has 24 heavy (non-hydrogen) atoms. The van der Waals surface area contributed by atoms with E-state index in [2.05, 4.69) is 33.5 Å². The smallest absolute Gasteiger partial charge is 0.119 e. The highest BCUT2D eigenvalue weighted by Crippen LogP contribution is 2.39. The second-order valence-electron chi connectivity index (χ2n) is 6.84. The lowest BCUT2D eigenvalue weighted by molar-refractivity contribution is 0.0217. The first-order valence-electron chi connectivity index (χ1n) is 9.04. The Labute approximate surface area is 143 Å². The van der Waals surface area contributed by atoms with Crippen molar-refractivity contribution in [2.24, 2.45) is 5.92 Å². The van der Waals surface area contributed by atoms with Crippen LogP contribution >= 0.6 is 0 Å². The molecule has 0 aliphatic carbocycles. The number of piperazine rings is 1. The molecule has 4 rings (SSSR count). The minimum absolute atomic E-state index is 0.455. The van der Waals surface area contributed by atoms with Crippen molar-refractivity contribution in [3.63, 3.8) is 0 Å². The minimum Gasteiger partial charge on any atom is -0.497 e. The van der Waals surface area contributed by atoms with Gasteiger partial charge in [0.15, 0.2) is 0 Å². The van der Waals surface area contributed by atoms with Crippen LogP contribution in [0.15, 0.2) is 24.4 Å². The Morgan fingerprint density at radius 1 is 1.21 bits per heavy atom. The van der Waals surface area contributed by atoms with Crippen LogP contribution in [0.5, 0.6) is 5.75 Å². The molecule has 2 fully saturated rings. The van der Waals surface area contributed by atoms with Crippen LogP contribution in [-0.4, -0.2) is 56.4 Å². The van der Waals surface area contributed by atoms with E-state index < -0.39 is 0 Å². The van der Waals surface area contributed by atoms with Crippen molar-refractivity contribution in [2.75, 3.05) is 46.5 Å². The van der Waals surface area contributed by atoms with Gasteiger partial charge in [-0.25, -0.2) is 0 Å². The summed E-state index contributed by atoms with van der Waals surface area (Å²) >= 11 is 0. The predicted molar refractivity (Wildman–Crippen MR) is 95.6 cm³/mol. The van der Waals surface area contributed by atoms with E-state index in [9.17, 15) is 0 Å². The lowest BCUT2D eigenvalue weighted by atomic mass is 9.85. The average Bonchev–Trinajstić information content (AvgIpc) is 3.07. The summed E-state index contributed by atoms with van der Waals surface area (Å²) in [7, 11) is 1.74. The molecule has 0 saturated carbocycles. The predicted octanol–water partition coefficient (Wildman–Crippen LogP) is 2.55. The molecule has 2 aliphatic heterocycles. The van der Waals surface area contributed by atoms with E-state index in [1.54, 1.807) is 7.11 Å². The molecule has 1 atom stereocenters. The summed E-state index contributed by atoms with van der Waals surface area (Å²) in [6, 6.07) is 6.78. The van der Waals surface area contributed by atoms with Crippen LogP contribution in [0, 0.1) is 5.92 Å².